The smallest absolute Gasteiger partial charge is 0.273 e. The topological polar surface area (TPSA) is 42.4 Å². The van der Waals surface area contributed by atoms with Crippen LogP contribution < -0.4 is 0 Å². The van der Waals surface area contributed by atoms with Gasteiger partial charge in [0.15, 0.2) is 0 Å². The van der Waals surface area contributed by atoms with Crippen molar-refractivity contribution in [1.29, 1.82) is 0 Å². The second-order valence-electron chi connectivity index (χ2n) is 4.98. The lowest BCUT2D eigenvalue weighted by atomic mass is 10.2. The highest BCUT2D eigenvalue weighted by Gasteiger charge is 2.24. The Morgan fingerprint density at radius 3 is 2.90 bits per heavy atom. The summed E-state index contributed by atoms with van der Waals surface area (Å²) in [4.78, 5) is 18.7. The lowest BCUT2D eigenvalue weighted by Crippen LogP contribution is -2.44. The number of benzene rings is 1. The fourth-order valence-corrected chi connectivity index (χ4v) is 3.19. The van der Waals surface area contributed by atoms with E-state index in [1.54, 1.807) is 4.90 Å². The van der Waals surface area contributed by atoms with E-state index in [-0.39, 0.29) is 12.0 Å². The molecule has 0 spiro atoms. The Hall–Kier alpha value is -1.43. The number of halogens is 1. The molecule has 1 aromatic heterocycles. The average molecular weight is 323 g/mol. The van der Waals surface area contributed by atoms with Crippen LogP contribution in [-0.2, 0) is 4.74 Å². The molecule has 110 valence electrons. The number of aromatic nitrogens is 1. The monoisotopic (exact) mass is 322 g/mol. The fraction of sp³-hybridized carbons (Fsp3) is 0.333. The van der Waals surface area contributed by atoms with Crippen molar-refractivity contribution in [2.75, 3.05) is 19.7 Å². The number of thiazole rings is 1. The number of amides is 1. The summed E-state index contributed by atoms with van der Waals surface area (Å²) in [6.07, 6.45) is 0.0806. The number of carbonyl (C=O) groups is 1. The van der Waals surface area contributed by atoms with E-state index < -0.39 is 0 Å². The van der Waals surface area contributed by atoms with Crippen LogP contribution in [0.5, 0.6) is 0 Å². The van der Waals surface area contributed by atoms with Gasteiger partial charge in [0.05, 0.1) is 12.7 Å². The van der Waals surface area contributed by atoms with Crippen LogP contribution in [0.2, 0.25) is 5.02 Å². The molecular formula is C15H15ClN2O2S. The normalized spacial score (nSPS) is 18.8. The van der Waals surface area contributed by atoms with Crippen molar-refractivity contribution in [2.24, 2.45) is 0 Å². The summed E-state index contributed by atoms with van der Waals surface area (Å²) in [7, 11) is 0. The number of rotatable bonds is 2. The zero-order valence-electron chi connectivity index (χ0n) is 11.6. The lowest BCUT2D eigenvalue weighted by Gasteiger charge is -2.30. The van der Waals surface area contributed by atoms with Crippen LogP contribution in [0.4, 0.5) is 0 Å². The lowest BCUT2D eigenvalue weighted by molar-refractivity contribution is -0.0126. The van der Waals surface area contributed by atoms with E-state index >= 15 is 0 Å². The SMILES string of the molecule is CC1CN(C(=O)c2csc(-c3ccc(Cl)cc3)n2)CCO1. The maximum Gasteiger partial charge on any atom is 0.273 e. The molecule has 1 unspecified atom stereocenters. The summed E-state index contributed by atoms with van der Waals surface area (Å²) < 4.78 is 5.46. The van der Waals surface area contributed by atoms with E-state index in [0.29, 0.717) is 30.4 Å². The van der Waals surface area contributed by atoms with Crippen molar-refractivity contribution in [2.45, 2.75) is 13.0 Å². The third-order valence-corrected chi connectivity index (χ3v) is 4.49. The first-order valence-electron chi connectivity index (χ1n) is 6.76. The second-order valence-corrected chi connectivity index (χ2v) is 6.27. The molecule has 1 amide bonds. The summed E-state index contributed by atoms with van der Waals surface area (Å²) in [6, 6.07) is 7.46. The number of hydrogen-bond donors (Lipinski definition) is 0. The van der Waals surface area contributed by atoms with Crippen molar-refractivity contribution < 1.29 is 9.53 Å². The fourth-order valence-electron chi connectivity index (χ4n) is 2.26. The third kappa shape index (κ3) is 3.26. The molecule has 0 N–H and O–H groups in total. The highest BCUT2D eigenvalue weighted by atomic mass is 35.5. The van der Waals surface area contributed by atoms with Crippen molar-refractivity contribution in [3.05, 3.63) is 40.4 Å². The zero-order chi connectivity index (χ0) is 14.8. The highest BCUT2D eigenvalue weighted by molar-refractivity contribution is 7.13. The van der Waals surface area contributed by atoms with Gasteiger partial charge in [0.1, 0.15) is 10.7 Å². The minimum atomic E-state index is -0.0263. The molecule has 1 saturated heterocycles. The molecule has 1 aliphatic rings. The standard InChI is InChI=1S/C15H15ClN2O2S/c1-10-8-18(6-7-20-10)15(19)13-9-21-14(17-13)11-2-4-12(16)5-3-11/h2-5,9-10H,6-8H2,1H3. The molecule has 0 bridgehead atoms. The van der Waals surface area contributed by atoms with Gasteiger partial charge in [-0.2, -0.15) is 0 Å². The third-order valence-electron chi connectivity index (χ3n) is 3.34. The molecule has 2 aromatic rings. The first kappa shape index (κ1) is 14.5. The quantitative estimate of drug-likeness (QED) is 0.851. The Kier molecular flexibility index (Phi) is 4.24. The van der Waals surface area contributed by atoms with Gasteiger partial charge in [-0.05, 0) is 19.1 Å². The van der Waals surface area contributed by atoms with Gasteiger partial charge in [-0.1, -0.05) is 23.7 Å². The highest BCUT2D eigenvalue weighted by Crippen LogP contribution is 2.25. The van der Waals surface area contributed by atoms with E-state index in [9.17, 15) is 4.79 Å². The summed E-state index contributed by atoms with van der Waals surface area (Å²) in [6.45, 7) is 3.80. The minimum absolute atomic E-state index is 0.0263. The van der Waals surface area contributed by atoms with E-state index in [1.807, 2.05) is 36.6 Å². The van der Waals surface area contributed by atoms with Crippen LogP contribution >= 0.6 is 22.9 Å². The average Bonchev–Trinajstić information content (AvgIpc) is 2.97. The van der Waals surface area contributed by atoms with E-state index in [2.05, 4.69) is 4.98 Å². The Balaban J connectivity index is 1.78. The molecule has 4 nitrogen and oxygen atoms in total. The number of carbonyl (C=O) groups excluding carboxylic acids is 1. The predicted molar refractivity (Wildman–Crippen MR) is 83.9 cm³/mol. The minimum Gasteiger partial charge on any atom is -0.375 e. The number of hydrogen-bond acceptors (Lipinski definition) is 4. The largest absolute Gasteiger partial charge is 0.375 e. The summed E-state index contributed by atoms with van der Waals surface area (Å²) in [5, 5.41) is 3.33. The molecule has 0 saturated carbocycles. The second kappa shape index (κ2) is 6.13. The van der Waals surface area contributed by atoms with Gasteiger partial charge in [0, 0.05) is 29.1 Å². The van der Waals surface area contributed by atoms with Crippen LogP contribution in [0.1, 0.15) is 17.4 Å². The molecule has 0 aliphatic carbocycles. The van der Waals surface area contributed by atoms with E-state index in [0.717, 1.165) is 10.6 Å². The van der Waals surface area contributed by atoms with Crippen LogP contribution in [0.15, 0.2) is 29.6 Å². The Bertz CT molecular complexity index is 641. The van der Waals surface area contributed by atoms with Crippen LogP contribution in [0.25, 0.3) is 10.6 Å². The van der Waals surface area contributed by atoms with Crippen molar-refractivity contribution in [3.63, 3.8) is 0 Å². The first-order chi connectivity index (χ1) is 10.1. The van der Waals surface area contributed by atoms with Gasteiger partial charge in [-0.3, -0.25) is 4.79 Å². The first-order valence-corrected chi connectivity index (χ1v) is 8.01. The molecule has 2 heterocycles. The van der Waals surface area contributed by atoms with E-state index in [1.165, 1.54) is 11.3 Å². The van der Waals surface area contributed by atoms with Gasteiger partial charge in [0.25, 0.3) is 5.91 Å². The number of morpholine rings is 1. The van der Waals surface area contributed by atoms with Gasteiger partial charge >= 0.3 is 0 Å². The molecule has 0 radical (unpaired) electrons. The van der Waals surface area contributed by atoms with Crippen LogP contribution in [0, 0.1) is 0 Å². The maximum absolute atomic E-state index is 12.4. The van der Waals surface area contributed by atoms with Crippen LogP contribution in [-0.4, -0.2) is 41.6 Å². The molecule has 21 heavy (non-hydrogen) atoms. The predicted octanol–water partition coefficient (Wildman–Crippen LogP) is 3.32. The molecular weight excluding hydrogens is 308 g/mol. The Morgan fingerprint density at radius 2 is 2.19 bits per heavy atom. The van der Waals surface area contributed by atoms with Crippen molar-refractivity contribution >= 4 is 28.8 Å². The summed E-state index contributed by atoms with van der Waals surface area (Å²) in [5.41, 5.74) is 1.47. The maximum atomic E-state index is 12.4. The van der Waals surface area contributed by atoms with Gasteiger partial charge in [0.2, 0.25) is 0 Å². The summed E-state index contributed by atoms with van der Waals surface area (Å²) >= 11 is 7.35. The molecule has 6 heteroatoms. The van der Waals surface area contributed by atoms with Crippen LogP contribution in [0.3, 0.4) is 0 Å². The summed E-state index contributed by atoms with van der Waals surface area (Å²) in [5.74, 6) is -0.0263. The Morgan fingerprint density at radius 1 is 1.43 bits per heavy atom. The van der Waals surface area contributed by atoms with Gasteiger partial charge in [-0.15, -0.1) is 11.3 Å². The van der Waals surface area contributed by atoms with Crippen molar-refractivity contribution in [1.82, 2.24) is 9.88 Å². The molecule has 1 aliphatic heterocycles. The molecule has 1 aromatic carbocycles. The molecule has 1 fully saturated rings. The van der Waals surface area contributed by atoms with Gasteiger partial charge < -0.3 is 9.64 Å². The number of ether oxygens (including phenoxy) is 1. The molecule has 1 atom stereocenters. The van der Waals surface area contributed by atoms with Gasteiger partial charge in [-0.25, -0.2) is 4.98 Å². The zero-order valence-corrected chi connectivity index (χ0v) is 13.2. The van der Waals surface area contributed by atoms with Crippen molar-refractivity contribution in [3.8, 4) is 10.6 Å². The van der Waals surface area contributed by atoms with E-state index in [4.69, 9.17) is 16.3 Å². The molecule has 3 rings (SSSR count). The number of nitrogens with zero attached hydrogens (tertiary/aromatic N) is 2. The Labute approximate surface area is 132 Å².